The van der Waals surface area contributed by atoms with Gasteiger partial charge in [0.05, 0.1) is 18.4 Å². The minimum Gasteiger partial charge on any atom is -0.462 e. The van der Waals surface area contributed by atoms with Crippen molar-refractivity contribution in [3.8, 4) is 5.00 Å². The number of esters is 1. The van der Waals surface area contributed by atoms with E-state index in [-0.39, 0.29) is 11.7 Å². The van der Waals surface area contributed by atoms with E-state index in [9.17, 15) is 9.59 Å². The van der Waals surface area contributed by atoms with Gasteiger partial charge in [-0.1, -0.05) is 15.9 Å². The van der Waals surface area contributed by atoms with Gasteiger partial charge < -0.3 is 13.7 Å². The third-order valence-corrected chi connectivity index (χ3v) is 8.15. The number of amides is 1. The number of nitrogens with zero attached hydrogens (tertiary/aromatic N) is 2. The Kier molecular flexibility index (Phi) is 6.85. The minimum absolute atomic E-state index is 0.189. The van der Waals surface area contributed by atoms with Crippen LogP contribution >= 0.6 is 27.3 Å². The first-order chi connectivity index (χ1) is 17.4. The quantitative estimate of drug-likeness (QED) is 0.164. The van der Waals surface area contributed by atoms with Crippen LogP contribution < -0.4 is 5.43 Å². The summed E-state index contributed by atoms with van der Waals surface area (Å²) in [7, 11) is 0. The Hall–Kier alpha value is -3.17. The van der Waals surface area contributed by atoms with Crippen molar-refractivity contribution in [1.82, 2.24) is 9.99 Å². The molecule has 0 spiro atoms. The SMILES string of the molecule is CCOC(=O)c1c(-n2c(C)cc(C=NNC(=O)c3cc4cc(Br)ccc4o3)c2C)sc2c1CCCC2. The number of hydrogen-bond acceptors (Lipinski definition) is 6. The molecule has 3 aromatic heterocycles. The summed E-state index contributed by atoms with van der Waals surface area (Å²) in [6.45, 7) is 6.16. The number of carbonyl (C=O) groups is 2. The molecular formula is C27H26BrN3O4S. The standard InChI is InChI=1S/C27H26BrN3O4S/c1-4-34-27(33)24-20-7-5-6-8-23(20)36-26(24)31-15(2)11-18(16(31)3)14-29-30-25(32)22-13-17-12-19(28)9-10-21(17)35-22/h9-14H,4-8H2,1-3H3,(H,30,32). The lowest BCUT2D eigenvalue weighted by Crippen LogP contribution is -2.16. The molecule has 36 heavy (non-hydrogen) atoms. The minimum atomic E-state index is -0.428. The number of aryl methyl sites for hydroxylation is 2. The maximum absolute atomic E-state index is 13.0. The van der Waals surface area contributed by atoms with Gasteiger partial charge in [0.2, 0.25) is 0 Å². The van der Waals surface area contributed by atoms with E-state index in [4.69, 9.17) is 9.15 Å². The summed E-state index contributed by atoms with van der Waals surface area (Å²) in [6, 6.07) is 9.24. The van der Waals surface area contributed by atoms with Crippen LogP contribution in [-0.2, 0) is 17.6 Å². The van der Waals surface area contributed by atoms with Crippen LogP contribution in [0.4, 0.5) is 0 Å². The topological polar surface area (TPSA) is 85.8 Å². The first-order valence-electron chi connectivity index (χ1n) is 11.9. The number of nitrogens with one attached hydrogen (secondary N) is 1. The number of ether oxygens (including phenoxy) is 1. The average Bonchev–Trinajstić information content (AvgIpc) is 3.52. The Bertz CT molecular complexity index is 1510. The molecule has 0 unspecified atom stereocenters. The van der Waals surface area contributed by atoms with Gasteiger partial charge in [-0.15, -0.1) is 11.3 Å². The molecule has 0 aliphatic heterocycles. The van der Waals surface area contributed by atoms with Crippen molar-refractivity contribution in [2.45, 2.75) is 46.5 Å². The van der Waals surface area contributed by atoms with Crippen LogP contribution in [0.1, 0.15) is 68.1 Å². The number of furan rings is 1. The summed E-state index contributed by atoms with van der Waals surface area (Å²) in [5.41, 5.74) is 7.76. The summed E-state index contributed by atoms with van der Waals surface area (Å²) in [6.07, 6.45) is 5.73. The largest absolute Gasteiger partial charge is 0.462 e. The van der Waals surface area contributed by atoms with Crippen LogP contribution in [-0.4, -0.2) is 29.3 Å². The van der Waals surface area contributed by atoms with Crippen LogP contribution in [0.15, 0.2) is 44.3 Å². The van der Waals surface area contributed by atoms with Crippen LogP contribution in [0.25, 0.3) is 16.0 Å². The summed E-state index contributed by atoms with van der Waals surface area (Å²) in [5, 5.41) is 5.90. The van der Waals surface area contributed by atoms with Crippen molar-refractivity contribution in [1.29, 1.82) is 0 Å². The van der Waals surface area contributed by atoms with Gasteiger partial charge in [-0.25, -0.2) is 10.2 Å². The Morgan fingerprint density at radius 2 is 2.03 bits per heavy atom. The maximum atomic E-state index is 13.0. The average molecular weight is 568 g/mol. The number of halogens is 1. The molecule has 1 aromatic carbocycles. The molecule has 5 rings (SSSR count). The Morgan fingerprint density at radius 3 is 2.83 bits per heavy atom. The number of benzene rings is 1. The highest BCUT2D eigenvalue weighted by molar-refractivity contribution is 9.10. The number of rotatable bonds is 6. The number of aromatic nitrogens is 1. The third kappa shape index (κ3) is 4.53. The summed E-state index contributed by atoms with van der Waals surface area (Å²) < 4.78 is 14.1. The third-order valence-electron chi connectivity index (χ3n) is 6.38. The smallest absolute Gasteiger partial charge is 0.341 e. The summed E-state index contributed by atoms with van der Waals surface area (Å²) >= 11 is 5.09. The van der Waals surface area contributed by atoms with Gasteiger partial charge in [0.25, 0.3) is 0 Å². The second kappa shape index (κ2) is 10.1. The van der Waals surface area contributed by atoms with E-state index >= 15 is 0 Å². The fourth-order valence-electron chi connectivity index (χ4n) is 4.70. The van der Waals surface area contributed by atoms with Gasteiger partial charge in [0.1, 0.15) is 10.6 Å². The first kappa shape index (κ1) is 24.5. The Balaban J connectivity index is 1.42. The zero-order valence-electron chi connectivity index (χ0n) is 20.3. The van der Waals surface area contributed by atoms with Crippen molar-refractivity contribution < 1.29 is 18.7 Å². The molecule has 1 aliphatic rings. The second-order valence-corrected chi connectivity index (χ2v) is 10.8. The van der Waals surface area contributed by atoms with E-state index < -0.39 is 5.91 Å². The lowest BCUT2D eigenvalue weighted by molar-refractivity contribution is 0.0525. The van der Waals surface area contributed by atoms with Crippen molar-refractivity contribution in [3.63, 3.8) is 0 Å². The highest BCUT2D eigenvalue weighted by atomic mass is 79.9. The lowest BCUT2D eigenvalue weighted by Gasteiger charge is -2.13. The zero-order valence-corrected chi connectivity index (χ0v) is 22.7. The number of thiophene rings is 1. The fraction of sp³-hybridized carbons (Fsp3) is 0.296. The van der Waals surface area contributed by atoms with E-state index in [1.165, 1.54) is 4.88 Å². The first-order valence-corrected chi connectivity index (χ1v) is 13.5. The van der Waals surface area contributed by atoms with Gasteiger partial charge >= 0.3 is 11.9 Å². The van der Waals surface area contributed by atoms with Crippen molar-refractivity contribution >= 4 is 56.3 Å². The molecule has 3 heterocycles. The van der Waals surface area contributed by atoms with Crippen LogP contribution in [0.3, 0.4) is 0 Å². The molecule has 1 N–H and O–H groups in total. The molecule has 9 heteroatoms. The molecule has 1 amide bonds. The summed E-state index contributed by atoms with van der Waals surface area (Å²) in [5.74, 6) is -0.503. The van der Waals surface area contributed by atoms with Crippen molar-refractivity contribution in [3.05, 3.63) is 73.5 Å². The van der Waals surface area contributed by atoms with Crippen molar-refractivity contribution in [2.75, 3.05) is 6.61 Å². The molecule has 4 aromatic rings. The number of hydrogen-bond donors (Lipinski definition) is 1. The van der Waals surface area contributed by atoms with E-state index in [1.54, 1.807) is 29.7 Å². The number of carbonyl (C=O) groups excluding carboxylic acids is 2. The molecule has 0 atom stereocenters. The van der Waals surface area contributed by atoms with Crippen LogP contribution in [0.5, 0.6) is 0 Å². The molecule has 0 saturated carbocycles. The highest BCUT2D eigenvalue weighted by Gasteiger charge is 2.28. The van der Waals surface area contributed by atoms with Crippen LogP contribution in [0.2, 0.25) is 0 Å². The Labute approximate surface area is 221 Å². The maximum Gasteiger partial charge on any atom is 0.341 e. The molecule has 0 saturated heterocycles. The van der Waals surface area contributed by atoms with Gasteiger partial charge in [-0.3, -0.25) is 4.79 Å². The highest BCUT2D eigenvalue weighted by Crippen LogP contribution is 2.39. The normalized spacial score (nSPS) is 13.3. The summed E-state index contributed by atoms with van der Waals surface area (Å²) in [4.78, 5) is 26.8. The number of hydrazone groups is 1. The predicted octanol–water partition coefficient (Wildman–Crippen LogP) is 6.48. The molecule has 186 valence electrons. The molecule has 1 aliphatic carbocycles. The van der Waals surface area contributed by atoms with Gasteiger partial charge in [-0.05, 0) is 82.3 Å². The zero-order chi connectivity index (χ0) is 25.4. The van der Waals surface area contributed by atoms with Gasteiger partial charge in [0.15, 0.2) is 5.76 Å². The van der Waals surface area contributed by atoms with E-state index in [1.807, 2.05) is 39.0 Å². The van der Waals surface area contributed by atoms with E-state index in [2.05, 4.69) is 31.0 Å². The van der Waals surface area contributed by atoms with Gasteiger partial charge in [0, 0.05) is 31.7 Å². The van der Waals surface area contributed by atoms with E-state index in [0.717, 1.165) is 63.1 Å². The number of fused-ring (bicyclic) bond motifs is 2. The lowest BCUT2D eigenvalue weighted by atomic mass is 9.95. The monoisotopic (exact) mass is 567 g/mol. The fourth-order valence-corrected chi connectivity index (χ4v) is 6.56. The van der Waals surface area contributed by atoms with Crippen molar-refractivity contribution in [2.24, 2.45) is 5.10 Å². The molecule has 0 radical (unpaired) electrons. The van der Waals surface area contributed by atoms with Gasteiger partial charge in [-0.2, -0.15) is 5.10 Å². The Morgan fingerprint density at radius 1 is 1.22 bits per heavy atom. The molecule has 7 nitrogen and oxygen atoms in total. The van der Waals surface area contributed by atoms with Crippen LogP contribution in [0, 0.1) is 13.8 Å². The predicted molar refractivity (Wildman–Crippen MR) is 145 cm³/mol. The molecule has 0 fully saturated rings. The second-order valence-electron chi connectivity index (χ2n) is 8.77. The molecular weight excluding hydrogens is 542 g/mol. The molecule has 0 bridgehead atoms. The van der Waals surface area contributed by atoms with E-state index in [0.29, 0.717) is 17.8 Å².